The van der Waals surface area contributed by atoms with Gasteiger partial charge in [0.1, 0.15) is 12.4 Å². The summed E-state index contributed by atoms with van der Waals surface area (Å²) < 4.78 is 5.50. The Morgan fingerprint density at radius 3 is 1.97 bits per heavy atom. The average molecular weight is 438 g/mol. The molecule has 2 aliphatic rings. The van der Waals surface area contributed by atoms with E-state index < -0.39 is 0 Å². The first kappa shape index (κ1) is 24.2. The Bertz CT molecular complexity index is 794. The Labute approximate surface area is 193 Å². The number of unbranched alkanes of at least 4 members (excludes halogenated alkanes) is 11. The molecule has 174 valence electrons. The van der Waals surface area contributed by atoms with Crippen LogP contribution in [0.2, 0.25) is 0 Å². The zero-order valence-electron chi connectivity index (χ0n) is 19.4. The van der Waals surface area contributed by atoms with Crippen LogP contribution in [0.15, 0.2) is 65.7 Å². The van der Waals surface area contributed by atoms with E-state index in [1.807, 2.05) is 48.6 Å². The van der Waals surface area contributed by atoms with Gasteiger partial charge in [-0.25, -0.2) is 0 Å². The third kappa shape index (κ3) is 7.89. The van der Waals surface area contributed by atoms with Gasteiger partial charge in [-0.15, -0.1) is 0 Å². The number of aliphatic hydroxyl groups excluding tert-OH is 1. The number of ketones is 1. The number of nitrogens with zero attached hydrogens (tertiary/aromatic N) is 1. The van der Waals surface area contributed by atoms with Crippen LogP contribution in [-0.4, -0.2) is 28.9 Å². The monoisotopic (exact) mass is 437 g/mol. The van der Waals surface area contributed by atoms with Gasteiger partial charge in [0.2, 0.25) is 0 Å². The smallest absolute Gasteiger partial charge is 0.170 e. The van der Waals surface area contributed by atoms with Crippen molar-refractivity contribution in [2.24, 2.45) is 0 Å². The molecule has 1 aromatic carbocycles. The second-order valence-electron chi connectivity index (χ2n) is 8.93. The summed E-state index contributed by atoms with van der Waals surface area (Å²) in [6.07, 6.45) is 21.8. The molecule has 4 nitrogen and oxygen atoms in total. The number of para-hydroxylation sites is 1. The molecule has 2 bridgehead atoms. The van der Waals surface area contributed by atoms with E-state index in [4.69, 9.17) is 4.74 Å². The molecular formula is C28H39NO3. The number of allylic oxidation sites excluding steroid dienone is 3. The van der Waals surface area contributed by atoms with E-state index in [0.29, 0.717) is 12.2 Å². The van der Waals surface area contributed by atoms with Gasteiger partial charge in [0, 0.05) is 13.0 Å². The van der Waals surface area contributed by atoms with Crippen molar-refractivity contribution in [1.29, 1.82) is 0 Å². The summed E-state index contributed by atoms with van der Waals surface area (Å²) in [5.74, 6) is 1.43. The number of fused-ring (bicyclic) bond motifs is 2. The maximum absolute atomic E-state index is 11.9. The van der Waals surface area contributed by atoms with Gasteiger partial charge in [-0.3, -0.25) is 4.79 Å². The van der Waals surface area contributed by atoms with E-state index in [0.717, 1.165) is 36.5 Å². The average Bonchev–Trinajstić information content (AvgIpc) is 2.83. The summed E-state index contributed by atoms with van der Waals surface area (Å²) in [7, 11) is 0. The van der Waals surface area contributed by atoms with Crippen LogP contribution in [0.4, 0.5) is 0 Å². The molecule has 0 spiro atoms. The first-order chi connectivity index (χ1) is 15.8. The standard InChI is InChI=1S/C28H39NO3/c30-24(23-32-25-18-13-11-14-19-25)17-12-9-7-5-3-1-2-4-6-8-10-15-22-29-26-20-16-21-27(29)28(26)31/h11,13-14,16,18-21,31H,1-10,12,15,17,22-23H2. The number of carbonyl (C=O) groups is 1. The number of aliphatic hydroxyl groups is 1. The lowest BCUT2D eigenvalue weighted by Crippen LogP contribution is -2.35. The van der Waals surface area contributed by atoms with Gasteiger partial charge in [0.25, 0.3) is 0 Å². The number of hydrogen-bond acceptors (Lipinski definition) is 4. The molecule has 0 aromatic heterocycles. The zero-order valence-corrected chi connectivity index (χ0v) is 19.4. The zero-order chi connectivity index (χ0) is 22.4. The largest absolute Gasteiger partial charge is 0.504 e. The highest BCUT2D eigenvalue weighted by Crippen LogP contribution is 2.36. The van der Waals surface area contributed by atoms with Crippen molar-refractivity contribution in [3.63, 3.8) is 0 Å². The van der Waals surface area contributed by atoms with Crippen molar-refractivity contribution < 1.29 is 14.6 Å². The highest BCUT2D eigenvalue weighted by Gasteiger charge is 2.31. The lowest BCUT2D eigenvalue weighted by molar-refractivity contribution is -0.121. The molecule has 0 aliphatic carbocycles. The predicted octanol–water partition coefficient (Wildman–Crippen LogP) is 7.24. The fourth-order valence-electron chi connectivity index (χ4n) is 4.39. The van der Waals surface area contributed by atoms with E-state index in [1.165, 1.54) is 64.2 Å². The molecule has 1 aromatic rings. The molecule has 0 saturated carbocycles. The minimum absolute atomic E-state index is 0.194. The lowest BCUT2D eigenvalue weighted by Gasteiger charge is -2.38. The van der Waals surface area contributed by atoms with E-state index in [2.05, 4.69) is 4.90 Å². The second kappa shape index (κ2) is 13.8. The Hall–Kier alpha value is -2.49. The number of carbonyl (C=O) groups excluding carboxylic acids is 1. The van der Waals surface area contributed by atoms with Crippen LogP contribution >= 0.6 is 0 Å². The summed E-state index contributed by atoms with van der Waals surface area (Å²) >= 11 is 0. The molecule has 0 saturated heterocycles. The fraction of sp³-hybridized carbons (Fsp3) is 0.536. The topological polar surface area (TPSA) is 49.8 Å². The van der Waals surface area contributed by atoms with Gasteiger partial charge in [0.15, 0.2) is 11.5 Å². The fourth-order valence-corrected chi connectivity index (χ4v) is 4.39. The van der Waals surface area contributed by atoms with Gasteiger partial charge in [-0.1, -0.05) is 88.5 Å². The molecule has 0 fully saturated rings. The highest BCUT2D eigenvalue weighted by molar-refractivity contribution is 5.79. The molecule has 1 N–H and O–H groups in total. The molecule has 0 atom stereocenters. The number of benzene rings is 1. The van der Waals surface area contributed by atoms with Crippen LogP contribution < -0.4 is 4.74 Å². The third-order valence-electron chi connectivity index (χ3n) is 6.31. The van der Waals surface area contributed by atoms with Gasteiger partial charge < -0.3 is 14.7 Å². The van der Waals surface area contributed by atoms with Gasteiger partial charge >= 0.3 is 0 Å². The summed E-state index contributed by atoms with van der Waals surface area (Å²) in [4.78, 5) is 14.1. The molecule has 0 amide bonds. The van der Waals surface area contributed by atoms with Crippen molar-refractivity contribution in [1.82, 2.24) is 4.90 Å². The van der Waals surface area contributed by atoms with Crippen LogP contribution in [0, 0.1) is 0 Å². The second-order valence-corrected chi connectivity index (χ2v) is 8.93. The van der Waals surface area contributed by atoms with E-state index in [-0.39, 0.29) is 12.4 Å². The molecule has 4 heteroatoms. The van der Waals surface area contributed by atoms with Crippen molar-refractivity contribution in [2.75, 3.05) is 13.2 Å². The van der Waals surface area contributed by atoms with Crippen LogP contribution in [0.25, 0.3) is 0 Å². The quantitative estimate of drug-likeness (QED) is 0.246. The first-order valence-corrected chi connectivity index (χ1v) is 12.5. The SMILES string of the molecule is O=C(CCCCCCCCCCCCCCN1C2=CC=CC1=C2O)COc1ccccc1. The maximum atomic E-state index is 11.9. The number of rotatable bonds is 18. The van der Waals surface area contributed by atoms with Gasteiger partial charge in [-0.2, -0.15) is 0 Å². The van der Waals surface area contributed by atoms with Crippen LogP contribution in [-0.2, 0) is 4.79 Å². The Morgan fingerprint density at radius 2 is 1.41 bits per heavy atom. The van der Waals surface area contributed by atoms with Crippen LogP contribution in [0.3, 0.4) is 0 Å². The number of ether oxygens (including phenoxy) is 1. The summed E-state index contributed by atoms with van der Waals surface area (Å²) in [5.41, 5.74) is 1.98. The Morgan fingerprint density at radius 1 is 0.812 bits per heavy atom. The predicted molar refractivity (Wildman–Crippen MR) is 131 cm³/mol. The van der Waals surface area contributed by atoms with Crippen molar-refractivity contribution in [3.8, 4) is 5.75 Å². The van der Waals surface area contributed by atoms with E-state index >= 15 is 0 Å². The maximum Gasteiger partial charge on any atom is 0.170 e. The molecule has 2 heterocycles. The van der Waals surface area contributed by atoms with E-state index in [1.54, 1.807) is 0 Å². The molecule has 0 radical (unpaired) electrons. The van der Waals surface area contributed by atoms with Gasteiger partial charge in [0.05, 0.1) is 11.4 Å². The Balaban J connectivity index is 1.03. The van der Waals surface area contributed by atoms with Crippen LogP contribution in [0.1, 0.15) is 83.5 Å². The van der Waals surface area contributed by atoms with Crippen LogP contribution in [0.5, 0.6) is 5.75 Å². The van der Waals surface area contributed by atoms with Crippen molar-refractivity contribution in [3.05, 3.63) is 65.7 Å². The summed E-state index contributed by atoms with van der Waals surface area (Å²) in [6.45, 7) is 1.22. The first-order valence-electron chi connectivity index (χ1n) is 12.5. The summed E-state index contributed by atoms with van der Waals surface area (Å²) in [6, 6.07) is 9.54. The molecule has 32 heavy (non-hydrogen) atoms. The minimum Gasteiger partial charge on any atom is -0.504 e. The minimum atomic E-state index is 0.194. The molecule has 0 unspecified atom stereocenters. The van der Waals surface area contributed by atoms with Gasteiger partial charge in [-0.05, 0) is 37.1 Å². The Kier molecular flexibility index (Phi) is 10.4. The van der Waals surface area contributed by atoms with Crippen molar-refractivity contribution in [2.45, 2.75) is 83.5 Å². The highest BCUT2D eigenvalue weighted by atomic mass is 16.5. The summed E-state index contributed by atoms with van der Waals surface area (Å²) in [5, 5.41) is 9.78. The van der Waals surface area contributed by atoms with E-state index in [9.17, 15) is 9.90 Å². The molecule has 2 aliphatic heterocycles. The molecular weight excluding hydrogens is 398 g/mol. The lowest BCUT2D eigenvalue weighted by atomic mass is 10.0. The number of hydrogen-bond donors (Lipinski definition) is 1. The van der Waals surface area contributed by atoms with Crippen molar-refractivity contribution >= 4 is 5.78 Å². The normalized spacial score (nSPS) is 14.4. The third-order valence-corrected chi connectivity index (χ3v) is 6.31. The molecule has 3 rings (SSSR count). The number of Topliss-reactive ketones (excluding diaryl/α,β-unsaturated/α-hetero) is 1.